The van der Waals surface area contributed by atoms with Crippen molar-refractivity contribution in [1.29, 1.82) is 5.26 Å². The number of hydrogen-bond donors (Lipinski definition) is 6. The molecule has 7 rings (SSSR count). The molecule has 0 atom stereocenters. The van der Waals surface area contributed by atoms with Crippen molar-refractivity contribution in [2.75, 3.05) is 131 Å². The number of carbonyl (C=O) groups excluding carboxylic acids is 2. The smallest absolute Gasteiger partial charge is 0.317 e. The molecule has 0 aliphatic carbocycles. The maximum Gasteiger partial charge on any atom is 0.317 e. The van der Waals surface area contributed by atoms with Gasteiger partial charge in [-0.25, -0.2) is 0 Å². The van der Waals surface area contributed by atoms with Crippen molar-refractivity contribution in [3.63, 3.8) is 0 Å². The van der Waals surface area contributed by atoms with Crippen LogP contribution in [-0.4, -0.2) is 261 Å². The summed E-state index contributed by atoms with van der Waals surface area (Å²) in [5, 5.41) is 49.1. The predicted molar refractivity (Wildman–Crippen MR) is 337 cm³/mol. The Hall–Kier alpha value is -7.94. The maximum atomic E-state index is 13.7. The largest absolute Gasteiger partial charge is 0.488 e. The minimum atomic E-state index is -5.28. The topological polar surface area (TPSA) is 385 Å². The lowest BCUT2D eigenvalue weighted by atomic mass is 9.93. The molecule has 4 heterocycles. The first kappa shape index (κ1) is 72.5. The molecule has 6 N–H and O–H groups in total. The molecule has 2 fully saturated rings. The van der Waals surface area contributed by atoms with Crippen LogP contribution in [0.2, 0.25) is 5.02 Å². The minimum absolute atomic E-state index is 0.0215. The molecule has 2 aliphatic rings. The number of aryl methyl sites for hydroxylation is 1. The van der Waals surface area contributed by atoms with Gasteiger partial charge in [0.25, 0.3) is 20.2 Å². The van der Waals surface area contributed by atoms with E-state index in [2.05, 4.69) is 25.5 Å². The Morgan fingerprint density at radius 3 is 1.80 bits per heavy atom. The summed E-state index contributed by atoms with van der Waals surface area (Å²) in [6.45, 7) is 8.35. The van der Waals surface area contributed by atoms with Crippen LogP contribution in [-0.2, 0) is 77.1 Å². The normalized spacial score (nSPS) is 15.5. The van der Waals surface area contributed by atoms with E-state index in [1.54, 1.807) is 44.6 Å². The number of carboxylic acids is 3. The number of likely N-dealkylation sites (N-methyl/N-ethyl adjacent to an activating group) is 1. The Kier molecular flexibility index (Phi) is 26.7. The summed E-state index contributed by atoms with van der Waals surface area (Å²) >= 11 is 6.85. The highest BCUT2D eigenvalue weighted by Gasteiger charge is 2.36. The molecule has 33 heteroatoms. The zero-order valence-electron chi connectivity index (χ0n) is 51.9. The third kappa shape index (κ3) is 22.9. The van der Waals surface area contributed by atoms with E-state index in [1.165, 1.54) is 17.3 Å². The van der Waals surface area contributed by atoms with Crippen LogP contribution < -0.4 is 19.5 Å². The molecule has 2 aliphatic heterocycles. The second-order valence-electron chi connectivity index (χ2n) is 22.7. The van der Waals surface area contributed by atoms with Gasteiger partial charge in [-0.1, -0.05) is 47.1 Å². The van der Waals surface area contributed by atoms with Gasteiger partial charge in [0.2, 0.25) is 16.4 Å². The van der Waals surface area contributed by atoms with Crippen molar-refractivity contribution in [3.8, 4) is 34.4 Å². The number of rotatable bonds is 30. The van der Waals surface area contributed by atoms with Crippen molar-refractivity contribution in [2.45, 2.75) is 57.8 Å². The first-order valence-corrected chi connectivity index (χ1v) is 33.1. The SMILES string of the molecule is Cc1c(COc2cc(OCc3cncc(C#N)c3)c(CN(C)CC(=O)NCC(S(=O)(=O)O)S(=O)(=O)O)cc2Cl)cccc1-c1cccc(OCc2cn(CCCN3CCN(C(=O)CN4CCN(CC(=O)O)CCN(CC(=O)O)CCN(CC(=O)O)CC4)CC3)nn2)c1C. The summed E-state index contributed by atoms with van der Waals surface area (Å²) < 4.78 is 82.8. The van der Waals surface area contributed by atoms with Gasteiger partial charge in [-0.15, -0.1) is 5.10 Å². The van der Waals surface area contributed by atoms with E-state index in [0.717, 1.165) is 40.8 Å². The third-order valence-corrected chi connectivity index (χ3v) is 19.2. The number of amides is 2. The van der Waals surface area contributed by atoms with E-state index in [0.29, 0.717) is 106 Å². The zero-order valence-corrected chi connectivity index (χ0v) is 54.3. The number of piperazine rings is 1. The van der Waals surface area contributed by atoms with E-state index < -0.39 is 61.7 Å². The van der Waals surface area contributed by atoms with Gasteiger partial charge >= 0.3 is 17.9 Å². The molecule has 0 unspecified atom stereocenters. The molecular weight excluding hydrogens is 1270 g/mol. The van der Waals surface area contributed by atoms with Crippen LogP contribution in [0.3, 0.4) is 0 Å². The Labute approximate surface area is 544 Å². The predicted octanol–water partition coefficient (Wildman–Crippen LogP) is 1.88. The molecule has 5 aromatic rings. The molecule has 0 spiro atoms. The molecule has 2 saturated heterocycles. The van der Waals surface area contributed by atoms with Gasteiger partial charge in [0, 0.05) is 128 Å². The highest BCUT2D eigenvalue weighted by molar-refractivity contribution is 8.04. The van der Waals surface area contributed by atoms with Crippen molar-refractivity contribution >= 4 is 61.6 Å². The number of halogens is 1. The number of carbonyl (C=O) groups is 5. The van der Waals surface area contributed by atoms with Crippen LogP contribution in [0, 0.1) is 25.2 Å². The second kappa shape index (κ2) is 34.3. The average molecular weight is 1350 g/mol. The number of aromatic nitrogens is 4. The van der Waals surface area contributed by atoms with E-state index in [4.69, 9.17) is 25.8 Å². The summed E-state index contributed by atoms with van der Waals surface area (Å²) in [7, 11) is -9.01. The fraction of sp³-hybridized carbons (Fsp3) is 0.483. The van der Waals surface area contributed by atoms with Crippen LogP contribution in [0.5, 0.6) is 17.2 Å². The monoisotopic (exact) mass is 1350 g/mol. The van der Waals surface area contributed by atoms with Gasteiger partial charge in [0.15, 0.2) is 0 Å². The molecule has 2 aromatic heterocycles. The number of benzene rings is 3. The summed E-state index contributed by atoms with van der Waals surface area (Å²) in [6, 6.07) is 18.5. The lowest BCUT2D eigenvalue weighted by molar-refractivity contribution is -0.141. The van der Waals surface area contributed by atoms with Gasteiger partial charge in [-0.05, 0) is 73.3 Å². The number of nitrogens with zero attached hydrogens (tertiary/aromatic N) is 12. The standard InChI is InChI=1S/C60H78ClN13O17S2/c1-42-46(40-90-54-27-53(89-39-45-25-44(28-62)29-63-30-45)47(26-51(54)61)32-67(3)34-55(75)64-31-60(92(83,84)85)93(86,87)88)7-4-8-49(42)50-9-5-10-52(43(50)2)91-41-48-33-74(66-65-48)12-6-11-68-21-23-73(24-22-68)56(76)35-69-13-15-70(36-57(77)78)17-19-72(38-59(81)82)20-18-71(16-14-69)37-58(79)80/h4-5,7-10,25-27,29-30,33,60H,6,11-24,31-32,34-41H2,1-3H3,(H,64,75)(H,77,78)(H,79,80)(H,81,82)(H,83,84,85)(H,86,87,88). The number of ether oxygens (including phenoxy) is 3. The number of aliphatic carboxylic acids is 3. The summed E-state index contributed by atoms with van der Waals surface area (Å²) in [6.07, 6.45) is 5.58. The minimum Gasteiger partial charge on any atom is -0.488 e. The average Bonchev–Trinajstić information content (AvgIpc) is 0.931. The fourth-order valence-corrected chi connectivity index (χ4v) is 12.8. The zero-order chi connectivity index (χ0) is 67.4. The van der Waals surface area contributed by atoms with Crippen molar-refractivity contribution in [1.82, 2.24) is 59.6 Å². The number of nitrogens with one attached hydrogen (secondary N) is 1. The molecule has 0 bridgehead atoms. The Bertz CT molecular complexity index is 3640. The van der Waals surface area contributed by atoms with Gasteiger partial charge < -0.3 is 39.7 Å². The highest BCUT2D eigenvalue weighted by atomic mass is 35.5. The number of nitriles is 1. The fourth-order valence-electron chi connectivity index (χ4n) is 10.7. The van der Waals surface area contributed by atoms with Gasteiger partial charge in [-0.3, -0.25) is 72.1 Å². The Morgan fingerprint density at radius 2 is 1.22 bits per heavy atom. The van der Waals surface area contributed by atoms with E-state index in [1.807, 2.05) is 72.3 Å². The number of carboxylic acid groups (broad SMARTS) is 3. The summed E-state index contributed by atoms with van der Waals surface area (Å²) in [5.74, 6) is -2.75. The molecule has 2 amide bonds. The molecule has 0 radical (unpaired) electrons. The molecule has 93 heavy (non-hydrogen) atoms. The maximum absolute atomic E-state index is 13.7. The van der Waals surface area contributed by atoms with Crippen LogP contribution in [0.15, 0.2) is 73.2 Å². The first-order chi connectivity index (χ1) is 44.2. The van der Waals surface area contributed by atoms with Crippen molar-refractivity contribution in [2.24, 2.45) is 0 Å². The van der Waals surface area contributed by atoms with Crippen LogP contribution in [0.1, 0.15) is 45.5 Å². The Morgan fingerprint density at radius 1 is 0.667 bits per heavy atom. The quantitative estimate of drug-likeness (QED) is 0.0357. The van der Waals surface area contributed by atoms with E-state index >= 15 is 0 Å². The summed E-state index contributed by atoms with van der Waals surface area (Å²) in [5.41, 5.74) is 6.55. The van der Waals surface area contributed by atoms with Crippen LogP contribution >= 0.6 is 11.6 Å². The molecule has 30 nitrogen and oxygen atoms in total. The number of pyridine rings is 1. The van der Waals surface area contributed by atoms with Gasteiger partial charge in [-0.2, -0.15) is 22.1 Å². The van der Waals surface area contributed by atoms with Crippen LogP contribution in [0.4, 0.5) is 0 Å². The lowest BCUT2D eigenvalue weighted by Gasteiger charge is -2.37. The molecular formula is C60H78ClN13O17S2. The molecule has 504 valence electrons. The van der Waals surface area contributed by atoms with E-state index in [-0.39, 0.29) is 82.3 Å². The second-order valence-corrected chi connectivity index (χ2v) is 26.6. The van der Waals surface area contributed by atoms with Gasteiger partial charge in [0.1, 0.15) is 48.8 Å². The first-order valence-electron chi connectivity index (χ1n) is 29.8. The van der Waals surface area contributed by atoms with E-state index in [9.17, 15) is 70.5 Å². The molecule has 3 aromatic carbocycles. The highest BCUT2D eigenvalue weighted by Crippen LogP contribution is 2.37. The Balaban J connectivity index is 0.904. The third-order valence-electron chi connectivity index (χ3n) is 15.7. The summed E-state index contributed by atoms with van der Waals surface area (Å²) in [4.78, 5) is 78.3. The molecule has 0 saturated carbocycles. The lowest BCUT2D eigenvalue weighted by Crippen LogP contribution is -2.53. The number of hydrogen-bond acceptors (Lipinski definition) is 22. The van der Waals surface area contributed by atoms with Gasteiger partial charge in [0.05, 0.1) is 56.1 Å². The van der Waals surface area contributed by atoms with Crippen molar-refractivity contribution < 1.29 is 79.4 Å². The van der Waals surface area contributed by atoms with Crippen molar-refractivity contribution in [3.05, 3.63) is 117 Å². The van der Waals surface area contributed by atoms with Crippen LogP contribution in [0.25, 0.3) is 11.1 Å².